The molecule has 0 aliphatic carbocycles. The summed E-state index contributed by atoms with van der Waals surface area (Å²) in [6, 6.07) is 84.0. The van der Waals surface area contributed by atoms with Gasteiger partial charge in [0, 0.05) is 50.8 Å². The smallest absolute Gasteiger partial charge is 0.193 e. The van der Waals surface area contributed by atoms with Gasteiger partial charge >= 0.3 is 0 Å². The zero-order chi connectivity index (χ0) is 40.3. The van der Waals surface area contributed by atoms with Gasteiger partial charge in [0.05, 0.1) is 0 Å². The summed E-state index contributed by atoms with van der Waals surface area (Å²) in [5.41, 5.74) is 11.5. The molecule has 0 fully saturated rings. The molecule has 0 saturated carbocycles. The number of nitrogens with zero attached hydrogens (tertiary/aromatic N) is 2. The molecule has 0 saturated heterocycles. The van der Waals surface area contributed by atoms with Gasteiger partial charge in [-0.25, -0.2) is 0 Å². The quantitative estimate of drug-likeness (QED) is 0.129. The topological polar surface area (TPSA) is 23.6 Å². The largest absolute Gasteiger partial charge is 0.310 e. The van der Waals surface area contributed by atoms with Crippen LogP contribution in [0.4, 0.5) is 34.1 Å². The van der Waals surface area contributed by atoms with E-state index in [9.17, 15) is 4.79 Å². The molecule has 0 aliphatic rings. The van der Waals surface area contributed by atoms with Crippen molar-refractivity contribution in [1.29, 1.82) is 0 Å². The fourth-order valence-electron chi connectivity index (χ4n) is 8.29. The summed E-state index contributed by atoms with van der Waals surface area (Å²) < 4.78 is 0. The fourth-order valence-corrected chi connectivity index (χ4v) is 8.29. The maximum absolute atomic E-state index is 14.4. The van der Waals surface area contributed by atoms with Gasteiger partial charge in [0.2, 0.25) is 0 Å². The number of carbonyl (C=O) groups is 1. The molecule has 10 aromatic carbocycles. The van der Waals surface area contributed by atoms with Gasteiger partial charge < -0.3 is 9.80 Å². The molecule has 60 heavy (non-hydrogen) atoms. The van der Waals surface area contributed by atoms with Crippen LogP contribution in [0.5, 0.6) is 0 Å². The van der Waals surface area contributed by atoms with E-state index in [1.165, 1.54) is 21.5 Å². The van der Waals surface area contributed by atoms with Crippen molar-refractivity contribution in [3.63, 3.8) is 0 Å². The lowest BCUT2D eigenvalue weighted by Crippen LogP contribution is -2.10. The van der Waals surface area contributed by atoms with Crippen LogP contribution in [0.2, 0.25) is 0 Å². The van der Waals surface area contributed by atoms with Crippen LogP contribution >= 0.6 is 0 Å². The second-order valence-corrected chi connectivity index (χ2v) is 14.9. The number of ketones is 1. The van der Waals surface area contributed by atoms with Crippen molar-refractivity contribution in [2.24, 2.45) is 0 Å². The average molecular weight is 769 g/mol. The van der Waals surface area contributed by atoms with E-state index >= 15 is 0 Å². The van der Waals surface area contributed by atoms with Crippen molar-refractivity contribution in [3.05, 3.63) is 254 Å². The first-order valence-corrected chi connectivity index (χ1v) is 20.3. The van der Waals surface area contributed by atoms with E-state index in [0.29, 0.717) is 11.1 Å². The molecule has 0 N–H and O–H groups in total. The Labute approximate surface area is 350 Å². The number of hydrogen-bond donors (Lipinski definition) is 0. The highest BCUT2D eigenvalue weighted by Gasteiger charge is 2.21. The van der Waals surface area contributed by atoms with Crippen LogP contribution in [0.15, 0.2) is 243 Å². The fraction of sp³-hybridized carbons (Fsp3) is 0. The lowest BCUT2D eigenvalue weighted by atomic mass is 9.87. The predicted molar refractivity (Wildman–Crippen MR) is 252 cm³/mol. The van der Waals surface area contributed by atoms with Crippen molar-refractivity contribution in [3.8, 4) is 22.3 Å². The molecule has 0 unspecified atom stereocenters. The monoisotopic (exact) mass is 768 g/mol. The lowest BCUT2D eigenvalue weighted by Gasteiger charge is -2.26. The Balaban J connectivity index is 1.08. The van der Waals surface area contributed by atoms with Crippen molar-refractivity contribution in [2.75, 3.05) is 9.80 Å². The van der Waals surface area contributed by atoms with Crippen LogP contribution in [0, 0.1) is 0 Å². The highest BCUT2D eigenvalue weighted by molar-refractivity contribution is 6.15. The van der Waals surface area contributed by atoms with E-state index in [4.69, 9.17) is 0 Å². The summed E-state index contributed by atoms with van der Waals surface area (Å²) in [5.74, 6) is -0.0122. The van der Waals surface area contributed by atoms with E-state index in [1.54, 1.807) is 0 Å². The number of carbonyl (C=O) groups excluding carboxylic acids is 1. The number of para-hydroxylation sites is 2. The van der Waals surface area contributed by atoms with Crippen molar-refractivity contribution >= 4 is 61.5 Å². The van der Waals surface area contributed by atoms with E-state index in [1.807, 2.05) is 54.6 Å². The van der Waals surface area contributed by atoms with Gasteiger partial charge in [-0.15, -0.1) is 0 Å². The van der Waals surface area contributed by atoms with Crippen molar-refractivity contribution in [1.82, 2.24) is 0 Å². The molecule has 0 spiro atoms. The molecule has 0 radical (unpaired) electrons. The summed E-state index contributed by atoms with van der Waals surface area (Å²) in [7, 11) is 0. The summed E-state index contributed by atoms with van der Waals surface area (Å²) >= 11 is 0. The Morgan fingerprint density at radius 1 is 0.300 bits per heavy atom. The van der Waals surface area contributed by atoms with Gasteiger partial charge in [0.25, 0.3) is 0 Å². The van der Waals surface area contributed by atoms with Crippen LogP contribution in [-0.2, 0) is 0 Å². The van der Waals surface area contributed by atoms with E-state index in [0.717, 1.165) is 56.4 Å². The third kappa shape index (κ3) is 7.10. The first-order valence-electron chi connectivity index (χ1n) is 20.3. The molecule has 0 aliphatic heterocycles. The average Bonchev–Trinajstić information content (AvgIpc) is 3.32. The van der Waals surface area contributed by atoms with Gasteiger partial charge in [0.1, 0.15) is 0 Å². The van der Waals surface area contributed by atoms with Gasteiger partial charge in [-0.1, -0.05) is 170 Å². The van der Waals surface area contributed by atoms with E-state index in [2.05, 4.69) is 198 Å². The Hall–Kier alpha value is -8.01. The first kappa shape index (κ1) is 36.3. The molecule has 0 bridgehead atoms. The number of fused-ring (bicyclic) bond motifs is 2. The summed E-state index contributed by atoms with van der Waals surface area (Å²) in [6.45, 7) is 0. The van der Waals surface area contributed by atoms with E-state index < -0.39 is 0 Å². The molecule has 0 atom stereocenters. The molecule has 10 aromatic rings. The Bertz CT molecular complexity index is 3090. The summed E-state index contributed by atoms with van der Waals surface area (Å²) in [4.78, 5) is 19.0. The minimum Gasteiger partial charge on any atom is -0.310 e. The van der Waals surface area contributed by atoms with Crippen LogP contribution in [0.25, 0.3) is 43.8 Å². The van der Waals surface area contributed by atoms with Gasteiger partial charge in [0.15, 0.2) is 5.78 Å². The maximum Gasteiger partial charge on any atom is 0.193 e. The molecule has 10 rings (SSSR count). The van der Waals surface area contributed by atoms with Crippen LogP contribution in [0.1, 0.15) is 15.9 Å². The highest BCUT2D eigenvalue weighted by Crippen LogP contribution is 2.42. The lowest BCUT2D eigenvalue weighted by molar-refractivity contribution is 0.103. The zero-order valence-corrected chi connectivity index (χ0v) is 32.9. The van der Waals surface area contributed by atoms with Crippen LogP contribution in [0.3, 0.4) is 0 Å². The minimum absolute atomic E-state index is 0.0122. The van der Waals surface area contributed by atoms with Crippen molar-refractivity contribution in [2.45, 2.75) is 0 Å². The molecule has 0 heterocycles. The molecule has 0 aromatic heterocycles. The Morgan fingerprint density at radius 2 is 0.700 bits per heavy atom. The Morgan fingerprint density at radius 3 is 1.20 bits per heavy atom. The normalized spacial score (nSPS) is 11.1. The number of anilines is 6. The minimum atomic E-state index is -0.0122. The zero-order valence-electron chi connectivity index (χ0n) is 32.9. The SMILES string of the molecule is O=C(c1ccccc1)c1cccc(-c2ccc(N(c3ccccc3)c3ccc4ccccc4c3)cc2)c1-c1ccc(N(c2ccccc2)c2ccc3ccccc3c2)cc1. The first-order chi connectivity index (χ1) is 29.7. The molecular formula is C57H40N2O. The highest BCUT2D eigenvalue weighted by atomic mass is 16.1. The van der Waals surface area contributed by atoms with Crippen LogP contribution in [-0.4, -0.2) is 5.78 Å². The molecular weight excluding hydrogens is 729 g/mol. The van der Waals surface area contributed by atoms with Crippen molar-refractivity contribution < 1.29 is 4.79 Å². The number of rotatable bonds is 10. The standard InChI is InChI=1S/C57H40N2O/c60-57(45-17-4-1-5-18-45)55-26-14-25-54(43-29-33-50(34-30-43)58(48-21-6-2-7-22-48)52-37-27-41-15-10-12-19-46(41)39-52)56(55)44-31-35-51(36-32-44)59(49-23-8-3-9-24-49)53-38-28-42-16-11-13-20-47(42)40-53/h1-40H. The summed E-state index contributed by atoms with van der Waals surface area (Å²) in [5, 5.41) is 4.77. The molecule has 3 heteroatoms. The second-order valence-electron chi connectivity index (χ2n) is 14.9. The van der Waals surface area contributed by atoms with Gasteiger partial charge in [-0.2, -0.15) is 0 Å². The number of hydrogen-bond acceptors (Lipinski definition) is 3. The third-order valence-corrected chi connectivity index (χ3v) is 11.2. The maximum atomic E-state index is 14.4. The second kappa shape index (κ2) is 16.1. The molecule has 0 amide bonds. The van der Waals surface area contributed by atoms with E-state index in [-0.39, 0.29) is 5.78 Å². The third-order valence-electron chi connectivity index (χ3n) is 11.2. The van der Waals surface area contributed by atoms with Crippen LogP contribution < -0.4 is 9.80 Å². The van der Waals surface area contributed by atoms with Gasteiger partial charge in [-0.3, -0.25) is 4.79 Å². The Kier molecular flexibility index (Phi) is 9.75. The summed E-state index contributed by atoms with van der Waals surface area (Å²) in [6.07, 6.45) is 0. The van der Waals surface area contributed by atoms with Gasteiger partial charge in [-0.05, 0) is 111 Å². The molecule has 3 nitrogen and oxygen atoms in total. The molecule has 284 valence electrons. The predicted octanol–water partition coefficient (Wildman–Crippen LogP) is 15.5. The number of benzene rings is 10.